The van der Waals surface area contributed by atoms with Crippen molar-refractivity contribution in [3.05, 3.63) is 0 Å². The Hall–Kier alpha value is -1.64. The summed E-state index contributed by atoms with van der Waals surface area (Å²) in [6.07, 6.45) is 4.89. The van der Waals surface area contributed by atoms with E-state index < -0.39 is 0 Å². The molecule has 0 aromatic carbocycles. The Labute approximate surface area is 87.3 Å². The number of nitrogens with one attached hydrogen (secondary N) is 3. The summed E-state index contributed by atoms with van der Waals surface area (Å²) in [6.45, 7) is 4.36. The van der Waals surface area contributed by atoms with Crippen molar-refractivity contribution in [3.8, 4) is 0 Å². The fraction of sp³-hybridized carbons (Fsp3) is 0.571. The first-order valence-electron chi connectivity index (χ1n) is 3.28. The van der Waals surface area contributed by atoms with Crippen LogP contribution in [0.2, 0.25) is 0 Å². The van der Waals surface area contributed by atoms with Crippen molar-refractivity contribution in [2.75, 3.05) is 0 Å². The molecular formula is C7H17N3O3Si. The van der Waals surface area contributed by atoms with Crippen molar-refractivity contribution in [1.29, 1.82) is 16.2 Å². The predicted molar refractivity (Wildman–Crippen MR) is 57.2 cm³/mol. The first-order chi connectivity index (χ1) is 6.16. The van der Waals surface area contributed by atoms with Crippen LogP contribution in [0.1, 0.15) is 26.7 Å². The van der Waals surface area contributed by atoms with Gasteiger partial charge in [0.05, 0.1) is 0 Å². The minimum absolute atomic E-state index is 0. The molecule has 6 nitrogen and oxygen atoms in total. The Morgan fingerprint density at radius 1 is 0.786 bits per heavy atom. The summed E-state index contributed by atoms with van der Waals surface area (Å²) < 4.78 is 0. The van der Waals surface area contributed by atoms with E-state index in [0.717, 1.165) is 18.2 Å². The second kappa shape index (κ2) is 108. The van der Waals surface area contributed by atoms with Crippen molar-refractivity contribution < 1.29 is 14.4 Å². The zero-order valence-electron chi connectivity index (χ0n) is 7.64. The van der Waals surface area contributed by atoms with Crippen molar-refractivity contribution in [3.63, 3.8) is 0 Å². The SMILES string of the molecule is CCCC.N=C=O.N=C=O.N=C=O.[SiH4]. The quantitative estimate of drug-likeness (QED) is 0.328. The fourth-order valence-corrected chi connectivity index (χ4v) is 0. The second-order valence-corrected chi connectivity index (χ2v) is 1.31. The molecule has 0 bridgehead atoms. The van der Waals surface area contributed by atoms with Gasteiger partial charge in [-0.25, -0.2) is 30.6 Å². The van der Waals surface area contributed by atoms with E-state index in [-0.39, 0.29) is 11.0 Å². The van der Waals surface area contributed by atoms with E-state index in [1.807, 2.05) is 0 Å². The number of hydrogen-bond donors (Lipinski definition) is 3. The van der Waals surface area contributed by atoms with Gasteiger partial charge in [-0.15, -0.1) is 0 Å². The number of isocyanates is 3. The highest BCUT2D eigenvalue weighted by Gasteiger charge is 1.56. The lowest BCUT2D eigenvalue weighted by Crippen LogP contribution is -1.47. The maximum atomic E-state index is 8.35. The van der Waals surface area contributed by atoms with E-state index in [4.69, 9.17) is 30.6 Å². The Morgan fingerprint density at radius 2 is 0.857 bits per heavy atom. The average Bonchev–Trinajstić information content (AvgIpc) is 2.08. The standard InChI is InChI=1S/C4H10.3CHNO.H4Si/c1-3-4-2;3*2-1-3;/h3-4H2,1-2H3;3*2H;1H4. The zero-order chi connectivity index (χ0) is 11.5. The summed E-state index contributed by atoms with van der Waals surface area (Å²) in [4.78, 5) is 25.0. The lowest BCUT2D eigenvalue weighted by molar-refractivity contribution is 0.562. The second-order valence-electron chi connectivity index (χ2n) is 1.31. The van der Waals surface area contributed by atoms with Gasteiger partial charge in [-0.2, -0.15) is 0 Å². The highest BCUT2D eigenvalue weighted by atomic mass is 28.1. The van der Waals surface area contributed by atoms with Gasteiger partial charge in [-0.3, -0.25) is 0 Å². The Balaban J connectivity index is -0.0000000254. The molecule has 0 aliphatic rings. The van der Waals surface area contributed by atoms with Gasteiger partial charge in [0.2, 0.25) is 18.2 Å². The monoisotopic (exact) mass is 219 g/mol. The molecule has 0 aromatic heterocycles. The third-order valence-corrected chi connectivity index (χ3v) is 0.500. The fourth-order valence-electron chi connectivity index (χ4n) is 0. The summed E-state index contributed by atoms with van der Waals surface area (Å²) >= 11 is 0. The van der Waals surface area contributed by atoms with Crippen LogP contribution >= 0.6 is 0 Å². The molecular weight excluding hydrogens is 202 g/mol. The summed E-state index contributed by atoms with van der Waals surface area (Å²) in [5.41, 5.74) is 0. The minimum Gasteiger partial charge on any atom is -0.222 e. The lowest BCUT2D eigenvalue weighted by Gasteiger charge is -1.68. The first-order valence-corrected chi connectivity index (χ1v) is 3.28. The summed E-state index contributed by atoms with van der Waals surface area (Å²) in [5, 5.41) is 16.2. The molecule has 0 atom stereocenters. The molecule has 7 heteroatoms. The minimum atomic E-state index is 0. The molecule has 0 heterocycles. The normalized spacial score (nSPS) is 3.86. The molecule has 0 unspecified atom stereocenters. The Kier molecular flexibility index (Phi) is 227. The maximum absolute atomic E-state index is 8.35. The molecule has 0 radical (unpaired) electrons. The van der Waals surface area contributed by atoms with Crippen LogP contribution in [0.5, 0.6) is 0 Å². The van der Waals surface area contributed by atoms with Gasteiger partial charge in [-0.05, 0) is 11.0 Å². The van der Waals surface area contributed by atoms with Crippen LogP contribution in [0.25, 0.3) is 0 Å². The van der Waals surface area contributed by atoms with Crippen molar-refractivity contribution in [2.45, 2.75) is 26.7 Å². The van der Waals surface area contributed by atoms with Crippen LogP contribution in [0.15, 0.2) is 0 Å². The summed E-state index contributed by atoms with van der Waals surface area (Å²) in [5.74, 6) is 0. The van der Waals surface area contributed by atoms with E-state index in [0.29, 0.717) is 0 Å². The molecule has 0 rings (SSSR count). The molecule has 0 spiro atoms. The largest absolute Gasteiger partial charge is 0.231 e. The van der Waals surface area contributed by atoms with E-state index in [2.05, 4.69) is 13.8 Å². The third-order valence-electron chi connectivity index (χ3n) is 0.500. The number of carbonyl (C=O) groups excluding carboxylic acids is 3. The van der Waals surface area contributed by atoms with Crippen molar-refractivity contribution in [1.82, 2.24) is 0 Å². The molecule has 0 aromatic rings. The van der Waals surface area contributed by atoms with Gasteiger partial charge in [0.15, 0.2) is 0 Å². The van der Waals surface area contributed by atoms with Gasteiger partial charge in [0, 0.05) is 0 Å². The highest BCUT2D eigenvalue weighted by Crippen LogP contribution is 1.76. The van der Waals surface area contributed by atoms with E-state index in [1.165, 1.54) is 12.8 Å². The predicted octanol–water partition coefficient (Wildman–Crippen LogP) is 0.0577. The molecule has 0 aliphatic heterocycles. The first kappa shape index (κ1) is 29.4. The number of unbranched alkanes of at least 4 members (excludes halogenated alkanes) is 1. The Bertz CT molecular complexity index is 136. The molecule has 0 amide bonds. The van der Waals surface area contributed by atoms with Gasteiger partial charge >= 0.3 is 0 Å². The molecule has 0 fully saturated rings. The zero-order valence-corrected chi connectivity index (χ0v) is 7.64. The van der Waals surface area contributed by atoms with Crippen LogP contribution in [0.4, 0.5) is 0 Å². The van der Waals surface area contributed by atoms with Crippen LogP contribution in [0.3, 0.4) is 0 Å². The van der Waals surface area contributed by atoms with E-state index >= 15 is 0 Å². The van der Waals surface area contributed by atoms with Gasteiger partial charge in [0.1, 0.15) is 0 Å². The summed E-state index contributed by atoms with van der Waals surface area (Å²) in [6, 6.07) is 0. The molecule has 0 saturated carbocycles. The van der Waals surface area contributed by atoms with Crippen molar-refractivity contribution in [2.24, 2.45) is 0 Å². The van der Waals surface area contributed by atoms with Crippen LogP contribution in [-0.4, -0.2) is 29.2 Å². The summed E-state index contributed by atoms with van der Waals surface area (Å²) in [7, 11) is 0. The maximum Gasteiger partial charge on any atom is 0.231 e. The van der Waals surface area contributed by atoms with Crippen LogP contribution in [-0.2, 0) is 14.4 Å². The smallest absolute Gasteiger partial charge is 0.222 e. The van der Waals surface area contributed by atoms with Crippen LogP contribution < -0.4 is 0 Å². The van der Waals surface area contributed by atoms with Gasteiger partial charge < -0.3 is 0 Å². The molecule has 82 valence electrons. The third kappa shape index (κ3) is 2190. The van der Waals surface area contributed by atoms with E-state index in [9.17, 15) is 0 Å². The average molecular weight is 219 g/mol. The van der Waals surface area contributed by atoms with Gasteiger partial charge in [0.25, 0.3) is 0 Å². The lowest BCUT2D eigenvalue weighted by atomic mass is 10.4. The van der Waals surface area contributed by atoms with E-state index in [1.54, 1.807) is 0 Å². The molecule has 3 N–H and O–H groups in total. The molecule has 14 heavy (non-hydrogen) atoms. The number of rotatable bonds is 1. The topological polar surface area (TPSA) is 123 Å². The Morgan fingerprint density at radius 3 is 0.857 bits per heavy atom. The van der Waals surface area contributed by atoms with Crippen LogP contribution in [0, 0.1) is 16.2 Å². The molecule has 0 aliphatic carbocycles. The van der Waals surface area contributed by atoms with Gasteiger partial charge in [-0.1, -0.05) is 26.7 Å². The number of hydrogen-bond acceptors (Lipinski definition) is 6. The molecule has 0 saturated heterocycles. The van der Waals surface area contributed by atoms with Crippen molar-refractivity contribution >= 4 is 29.2 Å². The highest BCUT2D eigenvalue weighted by molar-refractivity contribution is 5.75.